The minimum atomic E-state index is -1.26. The molecule has 0 radical (unpaired) electrons. The van der Waals surface area contributed by atoms with E-state index >= 15 is 0 Å². The second kappa shape index (κ2) is 6.03. The van der Waals surface area contributed by atoms with Crippen molar-refractivity contribution in [3.63, 3.8) is 0 Å². The zero-order valence-electron chi connectivity index (χ0n) is 8.61. The lowest BCUT2D eigenvalue weighted by Crippen LogP contribution is -2.57. The van der Waals surface area contributed by atoms with Crippen LogP contribution in [0, 0.1) is 0 Å². The van der Waals surface area contributed by atoms with Gasteiger partial charge in [0.2, 0.25) is 0 Å². The summed E-state index contributed by atoms with van der Waals surface area (Å²) in [6.07, 6.45) is -3.49. The average molecular weight is 238 g/mol. The van der Waals surface area contributed by atoms with E-state index in [1.165, 1.54) is 11.8 Å². The summed E-state index contributed by atoms with van der Waals surface area (Å²) >= 11 is 1.38. The van der Waals surface area contributed by atoms with E-state index < -0.39 is 29.9 Å². The first kappa shape index (κ1) is 13.2. The highest BCUT2D eigenvalue weighted by molar-refractivity contribution is 7.99. The largest absolute Gasteiger partial charge is 0.394 e. The van der Waals surface area contributed by atoms with Crippen LogP contribution in [0.1, 0.15) is 13.3 Å². The number of hydrogen-bond donors (Lipinski definition) is 4. The van der Waals surface area contributed by atoms with Crippen LogP contribution in [-0.2, 0) is 4.74 Å². The molecule has 90 valence electrons. The molecule has 1 unspecified atom stereocenters. The molecule has 1 fully saturated rings. The van der Waals surface area contributed by atoms with E-state index in [9.17, 15) is 15.3 Å². The van der Waals surface area contributed by atoms with Gasteiger partial charge in [-0.1, -0.05) is 6.92 Å². The zero-order valence-corrected chi connectivity index (χ0v) is 9.43. The molecule has 0 spiro atoms. The third-order valence-corrected chi connectivity index (χ3v) is 3.70. The number of ether oxygens (including phenoxy) is 1. The molecule has 1 heterocycles. The van der Waals surface area contributed by atoms with Crippen LogP contribution in [0.2, 0.25) is 0 Å². The maximum Gasteiger partial charge on any atom is 0.132 e. The molecule has 0 aromatic carbocycles. The first-order chi connectivity index (χ1) is 7.11. The monoisotopic (exact) mass is 238 g/mol. The van der Waals surface area contributed by atoms with Crippen molar-refractivity contribution in [2.24, 2.45) is 0 Å². The van der Waals surface area contributed by atoms with Crippen LogP contribution >= 0.6 is 11.8 Å². The van der Waals surface area contributed by atoms with Gasteiger partial charge in [0.25, 0.3) is 0 Å². The summed E-state index contributed by atoms with van der Waals surface area (Å²) in [4.78, 5) is 0. The predicted molar refractivity (Wildman–Crippen MR) is 56.5 cm³/mol. The third kappa shape index (κ3) is 3.05. The van der Waals surface area contributed by atoms with Crippen molar-refractivity contribution >= 4 is 11.8 Å². The Morgan fingerprint density at radius 1 is 1.13 bits per heavy atom. The van der Waals surface area contributed by atoms with E-state index in [0.717, 1.165) is 12.2 Å². The molecular formula is C9H18O5S. The topological polar surface area (TPSA) is 90.2 Å². The van der Waals surface area contributed by atoms with Crippen molar-refractivity contribution in [1.29, 1.82) is 0 Å². The number of thioether (sulfide) groups is 1. The van der Waals surface area contributed by atoms with Gasteiger partial charge in [-0.3, -0.25) is 0 Å². The molecule has 0 saturated carbocycles. The Hall–Kier alpha value is 0.150. The van der Waals surface area contributed by atoms with E-state index in [4.69, 9.17) is 9.84 Å². The van der Waals surface area contributed by atoms with Crippen LogP contribution in [0.3, 0.4) is 0 Å². The summed E-state index contributed by atoms with van der Waals surface area (Å²) in [7, 11) is 0. The fourth-order valence-electron chi connectivity index (χ4n) is 1.44. The Balaban J connectivity index is 2.57. The van der Waals surface area contributed by atoms with E-state index in [1.54, 1.807) is 0 Å². The first-order valence-corrected chi connectivity index (χ1v) is 6.08. The van der Waals surface area contributed by atoms with Crippen LogP contribution in [0.4, 0.5) is 0 Å². The zero-order chi connectivity index (χ0) is 11.4. The van der Waals surface area contributed by atoms with Crippen LogP contribution in [0.25, 0.3) is 0 Å². The van der Waals surface area contributed by atoms with Crippen LogP contribution in [0.15, 0.2) is 0 Å². The summed E-state index contributed by atoms with van der Waals surface area (Å²) in [5, 5.41) is 37.5. The summed E-state index contributed by atoms with van der Waals surface area (Å²) in [5.41, 5.74) is -0.583. The van der Waals surface area contributed by atoms with Gasteiger partial charge in [0.15, 0.2) is 0 Å². The highest BCUT2D eigenvalue weighted by atomic mass is 32.2. The van der Waals surface area contributed by atoms with Gasteiger partial charge in [-0.2, -0.15) is 0 Å². The molecule has 15 heavy (non-hydrogen) atoms. The van der Waals surface area contributed by atoms with Gasteiger partial charge in [-0.25, -0.2) is 0 Å². The lowest BCUT2D eigenvalue weighted by atomic mass is 10.0. The summed E-state index contributed by atoms with van der Waals surface area (Å²) in [6.45, 7) is 1.63. The average Bonchev–Trinajstić information content (AvgIpc) is 2.25. The molecule has 0 bridgehead atoms. The molecule has 1 saturated heterocycles. The molecule has 0 aromatic rings. The minimum absolute atomic E-state index is 0.367. The molecule has 1 aliphatic heterocycles. The van der Waals surface area contributed by atoms with Gasteiger partial charge in [-0.05, 0) is 12.2 Å². The Labute approximate surface area is 93.1 Å². The molecule has 6 heteroatoms. The standard InChI is InChI=1S/C9H18O5S/c1-2-3-15-9-8(13)7(12)6(11)5(4-10)14-9/h5-13H,2-4H2,1H3/t5-,6-,7+,8-,9?/m1/s1. The van der Waals surface area contributed by atoms with E-state index in [0.29, 0.717) is 0 Å². The molecule has 1 rings (SSSR count). The Bertz CT molecular complexity index is 189. The van der Waals surface area contributed by atoms with Crippen molar-refractivity contribution in [3.05, 3.63) is 0 Å². The number of aliphatic hydroxyl groups is 4. The van der Waals surface area contributed by atoms with Gasteiger partial charge in [0, 0.05) is 0 Å². The van der Waals surface area contributed by atoms with Crippen molar-refractivity contribution in [1.82, 2.24) is 0 Å². The normalized spacial score (nSPS) is 41.8. The molecule has 0 amide bonds. The lowest BCUT2D eigenvalue weighted by molar-refractivity contribution is -0.205. The van der Waals surface area contributed by atoms with E-state index in [-0.39, 0.29) is 6.61 Å². The van der Waals surface area contributed by atoms with Crippen molar-refractivity contribution < 1.29 is 25.2 Å². The quantitative estimate of drug-likeness (QED) is 0.498. The Kier molecular flexibility index (Phi) is 5.31. The highest BCUT2D eigenvalue weighted by Gasteiger charge is 2.43. The van der Waals surface area contributed by atoms with Crippen LogP contribution in [0.5, 0.6) is 0 Å². The molecule has 5 atom stereocenters. The van der Waals surface area contributed by atoms with Gasteiger partial charge in [-0.15, -0.1) is 11.8 Å². The maximum absolute atomic E-state index is 9.61. The van der Waals surface area contributed by atoms with Gasteiger partial charge < -0.3 is 25.2 Å². The van der Waals surface area contributed by atoms with Crippen LogP contribution < -0.4 is 0 Å². The summed E-state index contributed by atoms with van der Waals surface area (Å²) < 4.78 is 5.29. The minimum Gasteiger partial charge on any atom is -0.394 e. The second-order valence-corrected chi connectivity index (χ2v) is 4.77. The summed E-state index contributed by atoms with van der Waals surface area (Å²) in [6, 6.07) is 0. The Morgan fingerprint density at radius 2 is 1.80 bits per heavy atom. The fourth-order valence-corrected chi connectivity index (χ4v) is 2.49. The maximum atomic E-state index is 9.61. The number of hydrogen-bond acceptors (Lipinski definition) is 6. The van der Waals surface area contributed by atoms with Crippen molar-refractivity contribution in [2.45, 2.75) is 43.2 Å². The number of rotatable bonds is 4. The molecular weight excluding hydrogens is 220 g/mol. The van der Waals surface area contributed by atoms with Gasteiger partial charge >= 0.3 is 0 Å². The number of aliphatic hydroxyl groups excluding tert-OH is 4. The summed E-state index contributed by atoms with van der Waals surface area (Å²) in [5.74, 6) is 0.794. The van der Waals surface area contributed by atoms with Crippen LogP contribution in [-0.4, -0.2) is 62.6 Å². The molecule has 5 nitrogen and oxygen atoms in total. The second-order valence-electron chi connectivity index (χ2n) is 3.57. The lowest BCUT2D eigenvalue weighted by Gasteiger charge is -2.39. The Morgan fingerprint density at radius 3 is 2.33 bits per heavy atom. The third-order valence-electron chi connectivity index (χ3n) is 2.33. The van der Waals surface area contributed by atoms with Gasteiger partial charge in [0.1, 0.15) is 29.9 Å². The fraction of sp³-hybridized carbons (Fsp3) is 1.00. The van der Waals surface area contributed by atoms with Crippen molar-refractivity contribution in [3.8, 4) is 0 Å². The molecule has 0 aliphatic carbocycles. The smallest absolute Gasteiger partial charge is 0.132 e. The van der Waals surface area contributed by atoms with E-state index in [2.05, 4.69) is 0 Å². The van der Waals surface area contributed by atoms with Gasteiger partial charge in [0.05, 0.1) is 6.61 Å². The highest BCUT2D eigenvalue weighted by Crippen LogP contribution is 2.28. The SMILES string of the molecule is CCCSC1O[C@H](CO)[C@@H](O)[C@H](O)[C@H]1O. The van der Waals surface area contributed by atoms with Crippen molar-refractivity contribution in [2.75, 3.05) is 12.4 Å². The predicted octanol–water partition coefficient (Wildman–Crippen LogP) is -1.07. The molecule has 0 aromatic heterocycles. The molecule has 4 N–H and O–H groups in total. The first-order valence-electron chi connectivity index (χ1n) is 5.04. The molecule has 1 aliphatic rings. The van der Waals surface area contributed by atoms with E-state index in [1.807, 2.05) is 6.92 Å².